The van der Waals surface area contributed by atoms with Crippen LogP contribution in [0.2, 0.25) is 0 Å². The van der Waals surface area contributed by atoms with Crippen molar-refractivity contribution in [2.75, 3.05) is 26.2 Å². The van der Waals surface area contributed by atoms with E-state index in [1.165, 1.54) is 32.0 Å². The maximum Gasteiger partial charge on any atom is 0.128 e. The van der Waals surface area contributed by atoms with Crippen molar-refractivity contribution in [1.29, 1.82) is 0 Å². The van der Waals surface area contributed by atoms with E-state index in [1.807, 2.05) is 13.0 Å². The minimum atomic E-state index is -0.139. The second kappa shape index (κ2) is 7.53. The van der Waals surface area contributed by atoms with Gasteiger partial charge in [0.2, 0.25) is 0 Å². The quantitative estimate of drug-likeness (QED) is 0.841. The lowest BCUT2D eigenvalue weighted by atomic mass is 10.1. The van der Waals surface area contributed by atoms with Gasteiger partial charge < -0.3 is 10.2 Å². The number of hydrogen-bond donors (Lipinski definition) is 1. The van der Waals surface area contributed by atoms with Gasteiger partial charge in [-0.1, -0.05) is 22.9 Å². The Balaban J connectivity index is 1.81. The first kappa shape index (κ1) is 15.9. The lowest BCUT2D eigenvalue weighted by Gasteiger charge is -2.23. The molecule has 2 rings (SSSR count). The van der Waals surface area contributed by atoms with Gasteiger partial charge in [-0.3, -0.25) is 0 Å². The molecule has 2 atom stereocenters. The van der Waals surface area contributed by atoms with Crippen LogP contribution in [0, 0.1) is 11.7 Å². The zero-order chi connectivity index (χ0) is 14.5. The molecule has 2 unspecified atom stereocenters. The van der Waals surface area contributed by atoms with E-state index < -0.39 is 0 Å². The predicted molar refractivity (Wildman–Crippen MR) is 85.4 cm³/mol. The highest BCUT2D eigenvalue weighted by molar-refractivity contribution is 9.10. The Morgan fingerprint density at radius 1 is 1.30 bits per heavy atom. The molecule has 0 aromatic heterocycles. The van der Waals surface area contributed by atoms with Crippen molar-refractivity contribution in [1.82, 2.24) is 10.2 Å². The van der Waals surface area contributed by atoms with Crippen LogP contribution in [-0.4, -0.2) is 31.1 Å². The summed E-state index contributed by atoms with van der Waals surface area (Å²) in [7, 11) is 0. The van der Waals surface area contributed by atoms with Gasteiger partial charge in [-0.2, -0.15) is 0 Å². The Hall–Kier alpha value is -0.450. The summed E-state index contributed by atoms with van der Waals surface area (Å²) < 4.78 is 14.7. The minimum absolute atomic E-state index is 0.0357. The van der Waals surface area contributed by atoms with Crippen LogP contribution in [0.3, 0.4) is 0 Å². The molecule has 1 aromatic rings. The molecule has 1 N–H and O–H groups in total. The summed E-state index contributed by atoms with van der Waals surface area (Å²) >= 11 is 3.40. The lowest BCUT2D eigenvalue weighted by Crippen LogP contribution is -2.32. The molecule has 0 amide bonds. The summed E-state index contributed by atoms with van der Waals surface area (Å²) in [5.41, 5.74) is 0.729. The van der Waals surface area contributed by atoms with Gasteiger partial charge in [0.05, 0.1) is 0 Å². The van der Waals surface area contributed by atoms with Crippen molar-refractivity contribution in [3.63, 3.8) is 0 Å². The zero-order valence-electron chi connectivity index (χ0n) is 12.3. The number of nitrogens with zero attached hydrogens (tertiary/aromatic N) is 1. The Labute approximate surface area is 129 Å². The highest BCUT2D eigenvalue weighted by Gasteiger charge is 2.16. The summed E-state index contributed by atoms with van der Waals surface area (Å²) in [6.07, 6.45) is 2.67. The third-order valence-corrected chi connectivity index (χ3v) is 4.46. The molecule has 1 fully saturated rings. The van der Waals surface area contributed by atoms with Gasteiger partial charge in [0.1, 0.15) is 5.82 Å². The number of hydrogen-bond acceptors (Lipinski definition) is 2. The summed E-state index contributed by atoms with van der Waals surface area (Å²) in [6.45, 7) is 8.81. The summed E-state index contributed by atoms with van der Waals surface area (Å²) in [4.78, 5) is 2.52. The standard InChI is InChI=1S/C16H24BrFN2/c1-12(11-20-7-3-4-8-20)10-19-13(2)15-9-14(17)5-6-16(15)18/h5-6,9,12-13,19H,3-4,7-8,10-11H2,1-2H3. The molecule has 2 nitrogen and oxygen atoms in total. The molecule has 0 spiro atoms. The molecule has 1 aromatic carbocycles. The molecule has 0 bridgehead atoms. The van der Waals surface area contributed by atoms with Gasteiger partial charge in [-0.25, -0.2) is 4.39 Å². The van der Waals surface area contributed by atoms with Crippen LogP contribution >= 0.6 is 15.9 Å². The molecule has 4 heteroatoms. The molecule has 1 heterocycles. The molecule has 112 valence electrons. The monoisotopic (exact) mass is 342 g/mol. The van der Waals surface area contributed by atoms with Gasteiger partial charge in [0.25, 0.3) is 0 Å². The second-order valence-electron chi connectivity index (χ2n) is 5.91. The third kappa shape index (κ3) is 4.54. The molecule has 1 aliphatic heterocycles. The molecule has 20 heavy (non-hydrogen) atoms. The first-order chi connectivity index (χ1) is 9.56. The molecule has 0 aliphatic carbocycles. The molecular weight excluding hydrogens is 319 g/mol. The van der Waals surface area contributed by atoms with Gasteiger partial charge in [-0.15, -0.1) is 0 Å². The Morgan fingerprint density at radius 3 is 2.70 bits per heavy atom. The molecule has 1 saturated heterocycles. The number of benzene rings is 1. The zero-order valence-corrected chi connectivity index (χ0v) is 13.9. The van der Waals surface area contributed by atoms with Crippen LogP contribution in [0.1, 0.15) is 38.3 Å². The fourth-order valence-corrected chi connectivity index (χ4v) is 3.18. The fourth-order valence-electron chi connectivity index (χ4n) is 2.80. The van der Waals surface area contributed by atoms with Crippen molar-refractivity contribution in [2.24, 2.45) is 5.92 Å². The average molecular weight is 343 g/mol. The maximum absolute atomic E-state index is 13.8. The minimum Gasteiger partial charge on any atom is -0.310 e. The Morgan fingerprint density at radius 2 is 2.00 bits per heavy atom. The molecule has 0 radical (unpaired) electrons. The van der Waals surface area contributed by atoms with Crippen molar-refractivity contribution in [2.45, 2.75) is 32.7 Å². The van der Waals surface area contributed by atoms with Crippen LogP contribution in [-0.2, 0) is 0 Å². The van der Waals surface area contributed by atoms with Crippen LogP contribution in [0.15, 0.2) is 22.7 Å². The van der Waals surface area contributed by atoms with E-state index in [1.54, 1.807) is 6.07 Å². The Bertz CT molecular complexity index is 432. The highest BCUT2D eigenvalue weighted by atomic mass is 79.9. The lowest BCUT2D eigenvalue weighted by molar-refractivity contribution is 0.278. The van der Waals surface area contributed by atoms with E-state index in [9.17, 15) is 4.39 Å². The Kier molecular flexibility index (Phi) is 6.00. The first-order valence-corrected chi connectivity index (χ1v) is 8.26. The normalized spacial score (nSPS) is 19.2. The number of rotatable bonds is 6. The molecule has 0 saturated carbocycles. The van der Waals surface area contributed by atoms with Gasteiger partial charge in [0.15, 0.2) is 0 Å². The van der Waals surface area contributed by atoms with E-state index in [4.69, 9.17) is 0 Å². The number of nitrogens with one attached hydrogen (secondary N) is 1. The van der Waals surface area contributed by atoms with E-state index in [-0.39, 0.29) is 11.9 Å². The van der Waals surface area contributed by atoms with Crippen molar-refractivity contribution in [3.05, 3.63) is 34.1 Å². The van der Waals surface area contributed by atoms with Gasteiger partial charge in [-0.05, 0) is 63.5 Å². The largest absolute Gasteiger partial charge is 0.310 e. The van der Waals surface area contributed by atoms with Crippen molar-refractivity contribution in [3.8, 4) is 0 Å². The summed E-state index contributed by atoms with van der Waals surface area (Å²) in [6, 6.07) is 5.15. The van der Waals surface area contributed by atoms with Crippen LogP contribution in [0.4, 0.5) is 4.39 Å². The summed E-state index contributed by atoms with van der Waals surface area (Å²) in [5.74, 6) is 0.450. The number of likely N-dealkylation sites (tertiary alicyclic amines) is 1. The van der Waals surface area contributed by atoms with Crippen LogP contribution in [0.25, 0.3) is 0 Å². The van der Waals surface area contributed by atoms with E-state index in [0.29, 0.717) is 5.92 Å². The third-order valence-electron chi connectivity index (χ3n) is 3.97. The predicted octanol–water partition coefficient (Wildman–Crippen LogP) is 3.97. The van der Waals surface area contributed by atoms with E-state index in [2.05, 4.69) is 33.1 Å². The fraction of sp³-hybridized carbons (Fsp3) is 0.625. The SMILES string of the molecule is CC(CNC(C)c1cc(Br)ccc1F)CN1CCCC1. The molecule has 1 aliphatic rings. The first-order valence-electron chi connectivity index (χ1n) is 7.47. The summed E-state index contributed by atoms with van der Waals surface area (Å²) in [5, 5.41) is 3.45. The topological polar surface area (TPSA) is 15.3 Å². The average Bonchev–Trinajstić information content (AvgIpc) is 2.91. The number of halogens is 2. The van der Waals surface area contributed by atoms with Gasteiger partial charge in [0, 0.05) is 22.6 Å². The van der Waals surface area contributed by atoms with E-state index in [0.717, 1.165) is 23.1 Å². The van der Waals surface area contributed by atoms with Crippen LogP contribution < -0.4 is 5.32 Å². The van der Waals surface area contributed by atoms with E-state index >= 15 is 0 Å². The maximum atomic E-state index is 13.8. The van der Waals surface area contributed by atoms with Crippen molar-refractivity contribution >= 4 is 15.9 Å². The van der Waals surface area contributed by atoms with Crippen LogP contribution in [0.5, 0.6) is 0 Å². The smallest absolute Gasteiger partial charge is 0.128 e. The highest BCUT2D eigenvalue weighted by Crippen LogP contribution is 2.21. The van der Waals surface area contributed by atoms with Gasteiger partial charge >= 0.3 is 0 Å². The second-order valence-corrected chi connectivity index (χ2v) is 6.82. The van der Waals surface area contributed by atoms with Crippen molar-refractivity contribution < 1.29 is 4.39 Å². The molecular formula is C16H24BrFN2.